The van der Waals surface area contributed by atoms with Crippen molar-refractivity contribution in [3.63, 3.8) is 0 Å². The molecule has 0 unspecified atom stereocenters. The smallest absolute Gasteiger partial charge is 0.333 e. The summed E-state index contributed by atoms with van der Waals surface area (Å²) in [5, 5.41) is 2.75. The summed E-state index contributed by atoms with van der Waals surface area (Å²) in [5.74, 6) is -1.08. The number of hydrogen-bond donors (Lipinski definition) is 1. The maximum Gasteiger partial charge on any atom is 0.333 e. The first-order valence-electron chi connectivity index (χ1n) is 8.91. The average Bonchev–Trinajstić information content (AvgIpc) is 3.22. The van der Waals surface area contributed by atoms with E-state index in [0.29, 0.717) is 24.1 Å². The van der Waals surface area contributed by atoms with Crippen LogP contribution in [0.1, 0.15) is 34.8 Å². The second-order valence-electron chi connectivity index (χ2n) is 6.40. The molecule has 2 atom stereocenters. The third-order valence-electron chi connectivity index (χ3n) is 4.69. The summed E-state index contributed by atoms with van der Waals surface area (Å²) in [5.41, 5.74) is 1.18. The normalized spacial score (nSPS) is 17.2. The lowest BCUT2D eigenvalue weighted by Crippen LogP contribution is -2.48. The van der Waals surface area contributed by atoms with Gasteiger partial charge in [-0.1, -0.05) is 48.5 Å². The molecule has 6 heteroatoms. The molecular weight excluding hydrogens is 344 g/mol. The Morgan fingerprint density at radius 3 is 2.30 bits per heavy atom. The lowest BCUT2D eigenvalue weighted by atomic mass is 10.1. The SMILES string of the molecule is COC(=O)[C@H](NC(=O)[C@@H]1CCCN1C(=O)c1ccccc1)c1ccccc1. The van der Waals surface area contributed by atoms with Crippen LogP contribution in [0.4, 0.5) is 0 Å². The van der Waals surface area contributed by atoms with Gasteiger partial charge in [0.2, 0.25) is 5.91 Å². The summed E-state index contributed by atoms with van der Waals surface area (Å²) in [6.07, 6.45) is 1.30. The van der Waals surface area contributed by atoms with Crippen LogP contribution in [0, 0.1) is 0 Å². The maximum atomic E-state index is 12.9. The number of methoxy groups -OCH3 is 1. The van der Waals surface area contributed by atoms with Gasteiger partial charge in [0.25, 0.3) is 5.91 Å². The molecule has 0 saturated carbocycles. The Hall–Kier alpha value is -3.15. The van der Waals surface area contributed by atoms with Gasteiger partial charge in [-0.2, -0.15) is 0 Å². The van der Waals surface area contributed by atoms with Gasteiger partial charge in [-0.15, -0.1) is 0 Å². The molecule has 1 saturated heterocycles. The van der Waals surface area contributed by atoms with E-state index in [9.17, 15) is 14.4 Å². The lowest BCUT2D eigenvalue weighted by molar-refractivity contribution is -0.145. The first-order valence-corrected chi connectivity index (χ1v) is 8.91. The van der Waals surface area contributed by atoms with Crippen molar-refractivity contribution in [2.45, 2.75) is 24.9 Å². The summed E-state index contributed by atoms with van der Waals surface area (Å²) >= 11 is 0. The van der Waals surface area contributed by atoms with Crippen molar-refractivity contribution in [2.75, 3.05) is 13.7 Å². The third-order valence-corrected chi connectivity index (χ3v) is 4.69. The Balaban J connectivity index is 1.77. The van der Waals surface area contributed by atoms with E-state index in [1.807, 2.05) is 12.1 Å². The number of nitrogens with zero attached hydrogens (tertiary/aromatic N) is 1. The van der Waals surface area contributed by atoms with Crippen molar-refractivity contribution in [2.24, 2.45) is 0 Å². The van der Waals surface area contributed by atoms with Crippen LogP contribution in [0.15, 0.2) is 60.7 Å². The Morgan fingerprint density at radius 2 is 1.67 bits per heavy atom. The Labute approximate surface area is 158 Å². The highest BCUT2D eigenvalue weighted by molar-refractivity contribution is 5.98. The van der Waals surface area contributed by atoms with Gasteiger partial charge in [0, 0.05) is 12.1 Å². The van der Waals surface area contributed by atoms with E-state index >= 15 is 0 Å². The average molecular weight is 366 g/mol. The van der Waals surface area contributed by atoms with Gasteiger partial charge >= 0.3 is 5.97 Å². The number of esters is 1. The van der Waals surface area contributed by atoms with Crippen LogP contribution in [0.2, 0.25) is 0 Å². The zero-order valence-corrected chi connectivity index (χ0v) is 15.1. The van der Waals surface area contributed by atoms with Crippen LogP contribution in [0.5, 0.6) is 0 Å². The number of carbonyl (C=O) groups is 3. The van der Waals surface area contributed by atoms with Gasteiger partial charge in [-0.3, -0.25) is 9.59 Å². The van der Waals surface area contributed by atoms with Gasteiger partial charge in [-0.25, -0.2) is 4.79 Å². The van der Waals surface area contributed by atoms with Crippen molar-refractivity contribution < 1.29 is 19.1 Å². The van der Waals surface area contributed by atoms with Gasteiger partial charge in [0.15, 0.2) is 6.04 Å². The number of nitrogens with one attached hydrogen (secondary N) is 1. The minimum absolute atomic E-state index is 0.178. The summed E-state index contributed by atoms with van der Waals surface area (Å²) in [6.45, 7) is 0.514. The molecular formula is C21H22N2O4. The standard InChI is InChI=1S/C21H22N2O4/c1-27-21(26)18(15-9-4-2-5-10-15)22-19(24)17-13-8-14-23(17)20(25)16-11-6-3-7-12-16/h2-7,9-12,17-18H,8,13-14H2,1H3,(H,22,24)/t17-,18+/m0/s1. The second kappa shape index (κ2) is 8.49. The summed E-state index contributed by atoms with van der Waals surface area (Å²) in [6, 6.07) is 16.3. The molecule has 2 aromatic carbocycles. The van der Waals surface area contributed by atoms with E-state index in [4.69, 9.17) is 4.74 Å². The summed E-state index contributed by atoms with van der Waals surface area (Å²) in [4.78, 5) is 39.4. The monoisotopic (exact) mass is 366 g/mol. The molecule has 140 valence electrons. The van der Waals surface area contributed by atoms with Crippen LogP contribution in [-0.4, -0.2) is 42.4 Å². The topological polar surface area (TPSA) is 75.7 Å². The molecule has 1 aliphatic heterocycles. The molecule has 0 spiro atoms. The first kappa shape index (κ1) is 18.6. The molecule has 2 aromatic rings. The van der Waals surface area contributed by atoms with E-state index in [1.165, 1.54) is 7.11 Å². The van der Waals surface area contributed by atoms with Crippen molar-refractivity contribution in [1.29, 1.82) is 0 Å². The quantitative estimate of drug-likeness (QED) is 0.824. The number of rotatable bonds is 5. The first-order chi connectivity index (χ1) is 13.1. The molecule has 1 aliphatic rings. The number of likely N-dealkylation sites (tertiary alicyclic amines) is 1. The number of hydrogen-bond acceptors (Lipinski definition) is 4. The van der Waals surface area contributed by atoms with E-state index in [2.05, 4.69) is 5.32 Å². The predicted octanol–water partition coefficient (Wildman–Crippen LogP) is 2.32. The van der Waals surface area contributed by atoms with Gasteiger partial charge in [0.05, 0.1) is 7.11 Å². The van der Waals surface area contributed by atoms with Crippen molar-refractivity contribution in [3.8, 4) is 0 Å². The summed E-state index contributed by atoms with van der Waals surface area (Å²) < 4.78 is 4.84. The number of carbonyl (C=O) groups excluding carboxylic acids is 3. The van der Waals surface area contributed by atoms with Crippen molar-refractivity contribution >= 4 is 17.8 Å². The fraction of sp³-hybridized carbons (Fsp3) is 0.286. The van der Waals surface area contributed by atoms with Crippen molar-refractivity contribution in [3.05, 3.63) is 71.8 Å². The van der Waals surface area contributed by atoms with Crippen LogP contribution >= 0.6 is 0 Å². The Kier molecular flexibility index (Phi) is 5.86. The van der Waals surface area contributed by atoms with Crippen LogP contribution < -0.4 is 5.32 Å². The molecule has 1 heterocycles. The maximum absolute atomic E-state index is 12.9. The largest absolute Gasteiger partial charge is 0.467 e. The van der Waals surface area contributed by atoms with Crippen LogP contribution in [0.3, 0.4) is 0 Å². The van der Waals surface area contributed by atoms with E-state index in [0.717, 1.165) is 6.42 Å². The highest BCUT2D eigenvalue weighted by Gasteiger charge is 2.36. The molecule has 1 fully saturated rings. The van der Waals surface area contributed by atoms with Crippen LogP contribution in [-0.2, 0) is 14.3 Å². The fourth-order valence-electron chi connectivity index (χ4n) is 3.31. The van der Waals surface area contributed by atoms with Crippen LogP contribution in [0.25, 0.3) is 0 Å². The molecule has 1 N–H and O–H groups in total. The lowest BCUT2D eigenvalue weighted by Gasteiger charge is -2.26. The molecule has 27 heavy (non-hydrogen) atoms. The zero-order chi connectivity index (χ0) is 19.2. The molecule has 2 amide bonds. The molecule has 0 radical (unpaired) electrons. The molecule has 0 bridgehead atoms. The highest BCUT2D eigenvalue weighted by Crippen LogP contribution is 2.22. The van der Waals surface area contributed by atoms with E-state index in [-0.39, 0.29) is 11.8 Å². The minimum Gasteiger partial charge on any atom is -0.467 e. The van der Waals surface area contributed by atoms with Gasteiger partial charge in [0.1, 0.15) is 6.04 Å². The molecule has 0 aromatic heterocycles. The molecule has 3 rings (SSSR count). The third kappa shape index (κ3) is 4.16. The highest BCUT2D eigenvalue weighted by atomic mass is 16.5. The Bertz CT molecular complexity index is 807. The fourth-order valence-corrected chi connectivity index (χ4v) is 3.31. The number of ether oxygens (including phenoxy) is 1. The predicted molar refractivity (Wildman–Crippen MR) is 99.8 cm³/mol. The molecule has 6 nitrogen and oxygen atoms in total. The minimum atomic E-state index is -0.905. The van der Waals surface area contributed by atoms with E-state index < -0.39 is 18.1 Å². The second-order valence-corrected chi connectivity index (χ2v) is 6.40. The zero-order valence-electron chi connectivity index (χ0n) is 15.1. The van der Waals surface area contributed by atoms with Gasteiger partial charge < -0.3 is 15.0 Å². The number of amides is 2. The molecule has 0 aliphatic carbocycles. The van der Waals surface area contributed by atoms with Crippen molar-refractivity contribution in [1.82, 2.24) is 10.2 Å². The number of benzene rings is 2. The Morgan fingerprint density at radius 1 is 1.04 bits per heavy atom. The van der Waals surface area contributed by atoms with E-state index in [1.54, 1.807) is 53.4 Å². The van der Waals surface area contributed by atoms with Gasteiger partial charge in [-0.05, 0) is 30.5 Å². The summed E-state index contributed by atoms with van der Waals surface area (Å²) in [7, 11) is 1.28.